The Kier molecular flexibility index (Phi) is 3.23. The molecule has 0 fully saturated rings. The summed E-state index contributed by atoms with van der Waals surface area (Å²) >= 11 is 18.0. The van der Waals surface area contributed by atoms with Crippen molar-refractivity contribution < 1.29 is 9.90 Å². The lowest BCUT2D eigenvalue weighted by atomic mass is 10.3. The molecule has 1 aromatic rings. The standard InChI is InChI=1S/C6H3Cl3O2S/c7-4-2(1-3(10)11)12-6(9)5(4)8/h1H2,(H,10,11). The minimum Gasteiger partial charge on any atom is -0.481 e. The lowest BCUT2D eigenvalue weighted by molar-refractivity contribution is -0.136. The van der Waals surface area contributed by atoms with Gasteiger partial charge in [0.25, 0.3) is 0 Å². The molecule has 0 spiro atoms. The number of carboxylic acid groups (broad SMARTS) is 1. The zero-order valence-electron chi connectivity index (χ0n) is 5.60. The zero-order chi connectivity index (χ0) is 9.30. The average Bonchev–Trinajstić information content (AvgIpc) is 2.17. The molecule has 0 aromatic carbocycles. The number of carboxylic acids is 1. The van der Waals surface area contributed by atoms with Crippen LogP contribution in [0.2, 0.25) is 14.4 Å². The van der Waals surface area contributed by atoms with Crippen LogP contribution in [0.4, 0.5) is 0 Å². The maximum Gasteiger partial charge on any atom is 0.308 e. The van der Waals surface area contributed by atoms with Gasteiger partial charge in [0.1, 0.15) is 4.34 Å². The largest absolute Gasteiger partial charge is 0.481 e. The number of rotatable bonds is 2. The molecule has 1 N–H and O–H groups in total. The Bertz CT molecular complexity index is 321. The number of thiophene rings is 1. The lowest BCUT2D eigenvalue weighted by Gasteiger charge is -1.90. The molecule has 0 aliphatic heterocycles. The van der Waals surface area contributed by atoms with Crippen molar-refractivity contribution in [3.05, 3.63) is 19.3 Å². The van der Waals surface area contributed by atoms with Crippen LogP contribution in [-0.4, -0.2) is 11.1 Å². The third-order valence-corrected chi connectivity index (χ3v) is 3.75. The summed E-state index contributed by atoms with van der Waals surface area (Å²) in [4.78, 5) is 10.8. The maximum atomic E-state index is 10.3. The maximum absolute atomic E-state index is 10.3. The van der Waals surface area contributed by atoms with Crippen LogP contribution >= 0.6 is 46.1 Å². The van der Waals surface area contributed by atoms with E-state index in [-0.39, 0.29) is 16.5 Å². The first-order valence-corrected chi connectivity index (χ1v) is 4.81. The highest BCUT2D eigenvalue weighted by Gasteiger charge is 2.15. The summed E-state index contributed by atoms with van der Waals surface area (Å²) in [7, 11) is 0. The molecule has 2 nitrogen and oxygen atoms in total. The van der Waals surface area contributed by atoms with Crippen LogP contribution in [0.15, 0.2) is 0 Å². The van der Waals surface area contributed by atoms with Gasteiger partial charge in [0.2, 0.25) is 0 Å². The van der Waals surface area contributed by atoms with Gasteiger partial charge >= 0.3 is 5.97 Å². The highest BCUT2D eigenvalue weighted by Crippen LogP contribution is 2.40. The molecular formula is C6H3Cl3O2S. The van der Waals surface area contributed by atoms with Crippen LogP contribution < -0.4 is 0 Å². The molecule has 12 heavy (non-hydrogen) atoms. The second kappa shape index (κ2) is 3.83. The van der Waals surface area contributed by atoms with Crippen LogP contribution in [0.3, 0.4) is 0 Å². The van der Waals surface area contributed by atoms with Gasteiger partial charge in [-0.1, -0.05) is 34.8 Å². The van der Waals surface area contributed by atoms with E-state index in [4.69, 9.17) is 39.9 Å². The van der Waals surface area contributed by atoms with Gasteiger partial charge in [-0.15, -0.1) is 11.3 Å². The molecule has 0 amide bonds. The van der Waals surface area contributed by atoms with E-state index in [1.165, 1.54) is 0 Å². The summed E-state index contributed by atoms with van der Waals surface area (Å²) in [6, 6.07) is 0. The average molecular weight is 246 g/mol. The Morgan fingerprint density at radius 3 is 2.25 bits per heavy atom. The highest BCUT2D eigenvalue weighted by atomic mass is 35.5. The Hall–Kier alpha value is 0.0400. The smallest absolute Gasteiger partial charge is 0.308 e. The number of aliphatic carboxylic acids is 1. The first-order valence-electron chi connectivity index (χ1n) is 2.86. The van der Waals surface area contributed by atoms with E-state index in [1.54, 1.807) is 0 Å². The molecule has 0 bridgehead atoms. The number of carbonyl (C=O) groups is 1. The van der Waals surface area contributed by atoms with Crippen molar-refractivity contribution in [2.24, 2.45) is 0 Å². The summed E-state index contributed by atoms with van der Waals surface area (Å²) in [5, 5.41) is 8.93. The van der Waals surface area contributed by atoms with E-state index < -0.39 is 5.97 Å². The summed E-state index contributed by atoms with van der Waals surface area (Å²) in [6.07, 6.45) is -0.143. The second-order valence-corrected chi connectivity index (χ2v) is 4.46. The van der Waals surface area contributed by atoms with Crippen molar-refractivity contribution in [3.63, 3.8) is 0 Å². The van der Waals surface area contributed by atoms with Crippen LogP contribution in [-0.2, 0) is 11.2 Å². The summed E-state index contributed by atoms with van der Waals surface area (Å²) in [5.41, 5.74) is 0. The quantitative estimate of drug-likeness (QED) is 0.868. The Labute approximate surface area is 87.7 Å². The van der Waals surface area contributed by atoms with Crippen molar-refractivity contribution in [2.75, 3.05) is 0 Å². The first-order chi connectivity index (χ1) is 5.52. The molecule has 0 atom stereocenters. The predicted molar refractivity (Wildman–Crippen MR) is 50.7 cm³/mol. The van der Waals surface area contributed by atoms with Gasteiger partial charge < -0.3 is 5.11 Å². The van der Waals surface area contributed by atoms with Crippen molar-refractivity contribution in [2.45, 2.75) is 6.42 Å². The van der Waals surface area contributed by atoms with E-state index in [2.05, 4.69) is 0 Å². The van der Waals surface area contributed by atoms with Crippen molar-refractivity contribution in [3.8, 4) is 0 Å². The number of hydrogen-bond acceptors (Lipinski definition) is 2. The molecule has 66 valence electrons. The first kappa shape index (κ1) is 10.1. The summed E-state index contributed by atoms with van der Waals surface area (Å²) < 4.78 is 0.331. The van der Waals surface area contributed by atoms with E-state index >= 15 is 0 Å². The lowest BCUT2D eigenvalue weighted by Crippen LogP contribution is -1.97. The minimum absolute atomic E-state index is 0.143. The van der Waals surface area contributed by atoms with E-state index in [1.807, 2.05) is 0 Å². The Balaban J connectivity index is 3.01. The van der Waals surface area contributed by atoms with Crippen molar-refractivity contribution in [1.82, 2.24) is 0 Å². The van der Waals surface area contributed by atoms with Gasteiger partial charge in [-0.05, 0) is 0 Å². The molecule has 1 rings (SSSR count). The van der Waals surface area contributed by atoms with Gasteiger partial charge in [-0.3, -0.25) is 4.79 Å². The fourth-order valence-corrected chi connectivity index (χ4v) is 2.49. The number of halogens is 3. The molecule has 0 saturated carbocycles. The summed E-state index contributed by atoms with van der Waals surface area (Å²) in [6.45, 7) is 0. The van der Waals surface area contributed by atoms with Crippen LogP contribution in [0, 0.1) is 0 Å². The van der Waals surface area contributed by atoms with Crippen molar-refractivity contribution >= 4 is 52.1 Å². The molecular weight excluding hydrogens is 242 g/mol. The molecule has 6 heteroatoms. The fourth-order valence-electron chi connectivity index (χ4n) is 0.657. The van der Waals surface area contributed by atoms with Gasteiger partial charge in [-0.2, -0.15) is 0 Å². The zero-order valence-corrected chi connectivity index (χ0v) is 8.69. The molecule has 0 radical (unpaired) electrons. The molecule has 1 aromatic heterocycles. The second-order valence-electron chi connectivity index (χ2n) is 2.00. The summed E-state index contributed by atoms with van der Waals surface area (Å²) in [5.74, 6) is -0.952. The van der Waals surface area contributed by atoms with Gasteiger partial charge in [0, 0.05) is 4.88 Å². The molecule has 0 aliphatic carbocycles. The van der Waals surface area contributed by atoms with E-state index in [0.29, 0.717) is 9.21 Å². The van der Waals surface area contributed by atoms with Gasteiger partial charge in [0.15, 0.2) is 0 Å². The molecule has 0 saturated heterocycles. The van der Waals surface area contributed by atoms with E-state index in [9.17, 15) is 4.79 Å². The normalized spacial score (nSPS) is 10.2. The molecule has 0 unspecified atom stereocenters. The third kappa shape index (κ3) is 2.04. The number of hydrogen-bond donors (Lipinski definition) is 1. The Morgan fingerprint density at radius 2 is 1.92 bits per heavy atom. The molecule has 1 heterocycles. The van der Waals surface area contributed by atoms with Crippen molar-refractivity contribution in [1.29, 1.82) is 0 Å². The molecule has 0 aliphatic rings. The van der Waals surface area contributed by atoms with Crippen LogP contribution in [0.25, 0.3) is 0 Å². The Morgan fingerprint density at radius 1 is 1.33 bits per heavy atom. The SMILES string of the molecule is O=C(O)Cc1sc(Cl)c(Cl)c1Cl. The monoisotopic (exact) mass is 244 g/mol. The van der Waals surface area contributed by atoms with Gasteiger partial charge in [0.05, 0.1) is 16.5 Å². The predicted octanol–water partition coefficient (Wildman–Crippen LogP) is 3.34. The fraction of sp³-hybridized carbons (Fsp3) is 0.167. The van der Waals surface area contributed by atoms with Crippen LogP contribution in [0.5, 0.6) is 0 Å². The van der Waals surface area contributed by atoms with Gasteiger partial charge in [-0.25, -0.2) is 0 Å². The van der Waals surface area contributed by atoms with Crippen LogP contribution in [0.1, 0.15) is 4.88 Å². The minimum atomic E-state index is -0.952. The third-order valence-electron chi connectivity index (χ3n) is 1.13. The van der Waals surface area contributed by atoms with E-state index in [0.717, 1.165) is 11.3 Å². The highest BCUT2D eigenvalue weighted by molar-refractivity contribution is 7.17. The topological polar surface area (TPSA) is 37.3 Å².